The van der Waals surface area contributed by atoms with Gasteiger partial charge in [0.25, 0.3) is 10.0 Å². The van der Waals surface area contributed by atoms with Crippen LogP contribution in [0.15, 0.2) is 41.6 Å². The lowest BCUT2D eigenvalue weighted by molar-refractivity contribution is -0.114. The molecule has 1 aromatic carbocycles. The Morgan fingerprint density at radius 2 is 2.10 bits per heavy atom. The first-order chi connectivity index (χ1) is 9.88. The van der Waals surface area contributed by atoms with Gasteiger partial charge in [-0.25, -0.2) is 13.1 Å². The molecule has 3 N–H and O–H groups in total. The standard InChI is InChI=1S/C13H16N4O3S/c1-9(17-21(19,20)13-6-7-14-16-13)11-4-3-5-12(8-11)15-10(2)18/h3-9,17H,1-2H3,(H,14,16)(H,15,18). The van der Waals surface area contributed by atoms with Crippen molar-refractivity contribution in [3.05, 3.63) is 42.1 Å². The van der Waals surface area contributed by atoms with E-state index in [0.29, 0.717) is 5.69 Å². The fraction of sp³-hybridized carbons (Fsp3) is 0.231. The molecule has 21 heavy (non-hydrogen) atoms. The molecule has 0 aliphatic heterocycles. The second-order valence-corrected chi connectivity index (χ2v) is 6.25. The van der Waals surface area contributed by atoms with Crippen molar-refractivity contribution in [3.63, 3.8) is 0 Å². The summed E-state index contributed by atoms with van der Waals surface area (Å²) < 4.78 is 26.7. The predicted octanol–water partition coefficient (Wildman–Crippen LogP) is 1.41. The van der Waals surface area contributed by atoms with Crippen molar-refractivity contribution in [1.82, 2.24) is 14.9 Å². The third-order valence-electron chi connectivity index (χ3n) is 2.80. The zero-order chi connectivity index (χ0) is 15.5. The molecule has 0 radical (unpaired) electrons. The monoisotopic (exact) mass is 308 g/mol. The molecule has 0 aliphatic rings. The summed E-state index contributed by atoms with van der Waals surface area (Å²) in [5.41, 5.74) is 1.36. The van der Waals surface area contributed by atoms with E-state index in [1.165, 1.54) is 19.2 Å². The smallest absolute Gasteiger partial charge is 0.258 e. The number of rotatable bonds is 5. The van der Waals surface area contributed by atoms with Gasteiger partial charge in [-0.05, 0) is 30.7 Å². The minimum Gasteiger partial charge on any atom is -0.326 e. The quantitative estimate of drug-likeness (QED) is 0.776. The largest absolute Gasteiger partial charge is 0.326 e. The van der Waals surface area contributed by atoms with Crippen LogP contribution >= 0.6 is 0 Å². The minimum absolute atomic E-state index is 0.00682. The predicted molar refractivity (Wildman–Crippen MR) is 78.1 cm³/mol. The molecule has 0 aliphatic carbocycles. The van der Waals surface area contributed by atoms with Crippen LogP contribution in [0, 0.1) is 0 Å². The van der Waals surface area contributed by atoms with E-state index in [1.54, 1.807) is 31.2 Å². The maximum absolute atomic E-state index is 12.1. The molecule has 0 bridgehead atoms. The molecule has 112 valence electrons. The molecular formula is C13H16N4O3S. The number of hydrogen-bond acceptors (Lipinski definition) is 4. The van der Waals surface area contributed by atoms with Crippen molar-refractivity contribution in [1.29, 1.82) is 0 Å². The van der Waals surface area contributed by atoms with Crippen molar-refractivity contribution in [3.8, 4) is 0 Å². The van der Waals surface area contributed by atoms with Crippen LogP contribution in [0.3, 0.4) is 0 Å². The first kappa shape index (κ1) is 15.2. The number of carbonyl (C=O) groups excluding carboxylic acids is 1. The molecule has 7 nitrogen and oxygen atoms in total. The van der Waals surface area contributed by atoms with Gasteiger partial charge >= 0.3 is 0 Å². The summed E-state index contributed by atoms with van der Waals surface area (Å²) in [5, 5.41) is 8.70. The maximum Gasteiger partial charge on any atom is 0.258 e. The number of aromatic amines is 1. The summed E-state index contributed by atoms with van der Waals surface area (Å²) in [6, 6.07) is 7.92. The lowest BCUT2D eigenvalue weighted by Crippen LogP contribution is -2.27. The number of anilines is 1. The van der Waals surface area contributed by atoms with Gasteiger partial charge in [-0.3, -0.25) is 9.89 Å². The lowest BCUT2D eigenvalue weighted by atomic mass is 10.1. The summed E-state index contributed by atoms with van der Waals surface area (Å²) in [6.07, 6.45) is 1.37. The van der Waals surface area contributed by atoms with Gasteiger partial charge in [0.05, 0.1) is 6.20 Å². The molecule has 1 heterocycles. The van der Waals surface area contributed by atoms with Crippen molar-refractivity contribution in [2.24, 2.45) is 0 Å². The van der Waals surface area contributed by atoms with Crippen LogP contribution in [0.2, 0.25) is 0 Å². The van der Waals surface area contributed by atoms with Crippen molar-refractivity contribution >= 4 is 21.6 Å². The molecule has 1 unspecified atom stereocenters. The molecule has 2 aromatic rings. The summed E-state index contributed by atoms with van der Waals surface area (Å²) in [5.74, 6) is -0.183. The highest BCUT2D eigenvalue weighted by atomic mass is 32.2. The number of H-pyrrole nitrogens is 1. The van der Waals surface area contributed by atoms with E-state index in [0.717, 1.165) is 5.56 Å². The van der Waals surface area contributed by atoms with Gasteiger partial charge < -0.3 is 5.32 Å². The first-order valence-electron chi connectivity index (χ1n) is 6.28. The van der Waals surface area contributed by atoms with E-state index in [-0.39, 0.29) is 10.9 Å². The molecule has 1 aromatic heterocycles. The number of aromatic nitrogens is 2. The molecule has 0 saturated carbocycles. The van der Waals surface area contributed by atoms with E-state index >= 15 is 0 Å². The number of nitrogens with zero attached hydrogens (tertiary/aromatic N) is 1. The highest BCUT2D eigenvalue weighted by Gasteiger charge is 2.19. The van der Waals surface area contributed by atoms with E-state index in [9.17, 15) is 13.2 Å². The Hall–Kier alpha value is -2.19. The Balaban J connectivity index is 2.17. The van der Waals surface area contributed by atoms with Gasteiger partial charge in [0, 0.05) is 18.7 Å². The molecule has 1 amide bonds. The van der Waals surface area contributed by atoms with Crippen molar-refractivity contribution in [2.45, 2.75) is 24.9 Å². The van der Waals surface area contributed by atoms with Crippen LogP contribution < -0.4 is 10.0 Å². The molecule has 8 heteroatoms. The summed E-state index contributed by atoms with van der Waals surface area (Å²) in [7, 11) is -3.66. The van der Waals surface area contributed by atoms with Gasteiger partial charge in [-0.1, -0.05) is 12.1 Å². The Kier molecular flexibility index (Phi) is 4.39. The highest BCUT2D eigenvalue weighted by molar-refractivity contribution is 7.89. The highest BCUT2D eigenvalue weighted by Crippen LogP contribution is 2.19. The van der Waals surface area contributed by atoms with Gasteiger partial charge in [0.1, 0.15) is 0 Å². The van der Waals surface area contributed by atoms with Crippen molar-refractivity contribution in [2.75, 3.05) is 5.32 Å². The van der Waals surface area contributed by atoms with E-state index in [4.69, 9.17) is 0 Å². The first-order valence-corrected chi connectivity index (χ1v) is 7.76. The molecular weight excluding hydrogens is 292 g/mol. The third kappa shape index (κ3) is 3.89. The lowest BCUT2D eigenvalue weighted by Gasteiger charge is -2.15. The van der Waals surface area contributed by atoms with Gasteiger partial charge in [-0.15, -0.1) is 0 Å². The van der Waals surface area contributed by atoms with Gasteiger partial charge in [0.2, 0.25) is 5.91 Å². The molecule has 0 spiro atoms. The second-order valence-electron chi connectivity index (χ2n) is 4.57. The Morgan fingerprint density at radius 1 is 1.33 bits per heavy atom. The van der Waals surface area contributed by atoms with Gasteiger partial charge in [-0.2, -0.15) is 5.10 Å². The van der Waals surface area contributed by atoms with Crippen LogP contribution in [0.25, 0.3) is 0 Å². The number of carbonyl (C=O) groups is 1. The SMILES string of the molecule is CC(=O)Nc1cccc(C(C)NS(=O)(=O)c2ccn[nH]2)c1. The number of nitrogens with one attached hydrogen (secondary N) is 3. The maximum atomic E-state index is 12.1. The van der Waals surface area contributed by atoms with Crippen LogP contribution in [0.4, 0.5) is 5.69 Å². The Bertz CT molecular complexity index is 726. The third-order valence-corrected chi connectivity index (χ3v) is 4.27. The Morgan fingerprint density at radius 3 is 2.71 bits per heavy atom. The molecule has 0 fully saturated rings. The number of sulfonamides is 1. The van der Waals surface area contributed by atoms with E-state index in [2.05, 4.69) is 20.2 Å². The van der Waals surface area contributed by atoms with Crippen LogP contribution in [0.5, 0.6) is 0 Å². The average molecular weight is 308 g/mol. The minimum atomic E-state index is -3.66. The fourth-order valence-electron chi connectivity index (χ4n) is 1.85. The van der Waals surface area contributed by atoms with E-state index in [1.807, 2.05) is 0 Å². The molecule has 2 rings (SSSR count). The summed E-state index contributed by atoms with van der Waals surface area (Å²) >= 11 is 0. The number of hydrogen-bond donors (Lipinski definition) is 3. The van der Waals surface area contributed by atoms with E-state index < -0.39 is 16.1 Å². The van der Waals surface area contributed by atoms with Crippen molar-refractivity contribution < 1.29 is 13.2 Å². The number of amides is 1. The normalized spacial score (nSPS) is 12.9. The van der Waals surface area contributed by atoms with Crippen LogP contribution in [0.1, 0.15) is 25.5 Å². The van der Waals surface area contributed by atoms with Crippen LogP contribution in [-0.4, -0.2) is 24.5 Å². The second kappa shape index (κ2) is 6.06. The van der Waals surface area contributed by atoms with Crippen LogP contribution in [-0.2, 0) is 14.8 Å². The topological polar surface area (TPSA) is 104 Å². The summed E-state index contributed by atoms with van der Waals surface area (Å²) in [4.78, 5) is 11.0. The summed E-state index contributed by atoms with van der Waals surface area (Å²) in [6.45, 7) is 3.14. The zero-order valence-electron chi connectivity index (χ0n) is 11.6. The molecule has 1 atom stereocenters. The average Bonchev–Trinajstić information content (AvgIpc) is 2.92. The zero-order valence-corrected chi connectivity index (χ0v) is 12.4. The Labute approximate surface area is 122 Å². The fourth-order valence-corrected chi connectivity index (χ4v) is 2.99. The van der Waals surface area contributed by atoms with Gasteiger partial charge in [0.15, 0.2) is 5.03 Å². The number of benzene rings is 1. The molecule has 0 saturated heterocycles.